The van der Waals surface area contributed by atoms with Crippen LogP contribution in [0.4, 0.5) is 5.69 Å². The first kappa shape index (κ1) is 22.0. The third kappa shape index (κ3) is 3.79. The van der Waals surface area contributed by atoms with E-state index in [1.807, 2.05) is 0 Å². The molecular weight excluding hydrogens is 465 g/mol. The number of anilines is 1. The fourth-order valence-corrected chi connectivity index (χ4v) is 5.12. The molecule has 32 heavy (non-hydrogen) atoms. The molecule has 2 unspecified atom stereocenters. The molecule has 3 fully saturated rings. The SMILES string of the molecule is N#Cc1c(Cl)nc2c(cnn2[C@@H]2O[C@H](COCP(=O)(O)O)[C@@H](O)[C@H]2O)c1N1CC2CC2C1. The highest BCUT2D eigenvalue weighted by atomic mass is 35.5. The molecule has 0 amide bonds. The Morgan fingerprint density at radius 1 is 1.31 bits per heavy atom. The lowest BCUT2D eigenvalue weighted by molar-refractivity contribution is -0.0658. The van der Waals surface area contributed by atoms with Crippen molar-refractivity contribution in [3.63, 3.8) is 0 Å². The number of ether oxygens (including phenoxy) is 2. The number of hydrogen-bond acceptors (Lipinski definition) is 9. The van der Waals surface area contributed by atoms with Crippen LogP contribution in [0.3, 0.4) is 0 Å². The number of rotatable bonds is 6. The minimum atomic E-state index is -4.38. The summed E-state index contributed by atoms with van der Waals surface area (Å²) in [6.07, 6.45) is -3.08. The van der Waals surface area contributed by atoms with Gasteiger partial charge in [-0.3, -0.25) is 4.57 Å². The van der Waals surface area contributed by atoms with E-state index in [9.17, 15) is 20.0 Å². The standard InChI is InChI=1S/C18H21ClN5O7P/c19-16-10(2-20)13(23-4-8-1-9(8)5-23)11-3-21-24(17(11)22-16)18-15(26)14(25)12(31-18)6-30-7-32(27,28)29/h3,8-9,12,14-15,18,25-26H,1,4-7H2,(H2,27,28,29)/t8?,9?,12-,14-,15-,18-/m1/s1. The summed E-state index contributed by atoms with van der Waals surface area (Å²) in [6.45, 7) is 1.30. The van der Waals surface area contributed by atoms with Gasteiger partial charge in [-0.2, -0.15) is 10.4 Å². The molecule has 5 rings (SSSR count). The molecule has 2 aliphatic heterocycles. The van der Waals surface area contributed by atoms with E-state index in [0.717, 1.165) is 13.1 Å². The average molecular weight is 486 g/mol. The molecule has 4 N–H and O–H groups in total. The molecule has 0 aromatic carbocycles. The van der Waals surface area contributed by atoms with E-state index in [2.05, 4.69) is 21.1 Å². The van der Waals surface area contributed by atoms with Gasteiger partial charge in [-0.25, -0.2) is 9.67 Å². The Morgan fingerprint density at radius 2 is 2.03 bits per heavy atom. The highest BCUT2D eigenvalue weighted by Gasteiger charge is 2.47. The number of nitrogens with zero attached hydrogens (tertiary/aromatic N) is 5. The van der Waals surface area contributed by atoms with Gasteiger partial charge in [0.05, 0.1) is 23.9 Å². The Kier molecular flexibility index (Phi) is 5.43. The van der Waals surface area contributed by atoms with Crippen molar-refractivity contribution in [3.05, 3.63) is 16.9 Å². The number of halogens is 1. The van der Waals surface area contributed by atoms with Gasteiger partial charge in [-0.05, 0) is 18.3 Å². The molecule has 14 heteroatoms. The van der Waals surface area contributed by atoms with Crippen LogP contribution in [0.1, 0.15) is 18.2 Å². The minimum absolute atomic E-state index is 0.00638. The van der Waals surface area contributed by atoms with Gasteiger partial charge in [-0.15, -0.1) is 0 Å². The van der Waals surface area contributed by atoms with Crippen LogP contribution in [-0.4, -0.2) is 79.1 Å². The molecule has 2 aromatic heterocycles. The maximum absolute atomic E-state index is 11.0. The third-order valence-corrected chi connectivity index (χ3v) is 6.99. The van der Waals surface area contributed by atoms with E-state index >= 15 is 0 Å². The Labute approximate surface area is 187 Å². The van der Waals surface area contributed by atoms with E-state index in [0.29, 0.717) is 22.9 Å². The molecule has 0 bridgehead atoms. The predicted molar refractivity (Wildman–Crippen MR) is 110 cm³/mol. The van der Waals surface area contributed by atoms with Crippen molar-refractivity contribution < 1.29 is 34.0 Å². The third-order valence-electron chi connectivity index (χ3n) is 6.20. The smallest absolute Gasteiger partial charge is 0.350 e. The van der Waals surface area contributed by atoms with Crippen LogP contribution >= 0.6 is 19.2 Å². The summed E-state index contributed by atoms with van der Waals surface area (Å²) >= 11 is 6.33. The molecular formula is C18H21ClN5O7P. The molecule has 0 radical (unpaired) electrons. The van der Waals surface area contributed by atoms with Gasteiger partial charge in [-0.1, -0.05) is 11.6 Å². The quantitative estimate of drug-likeness (QED) is 0.324. The van der Waals surface area contributed by atoms with Crippen LogP contribution < -0.4 is 4.90 Å². The topological polar surface area (TPSA) is 174 Å². The highest BCUT2D eigenvalue weighted by Crippen LogP contribution is 2.48. The molecule has 12 nitrogen and oxygen atoms in total. The number of piperidine rings is 1. The second-order valence-corrected chi connectivity index (χ2v) is 10.4. The summed E-state index contributed by atoms with van der Waals surface area (Å²) in [4.78, 5) is 24.2. The predicted octanol–water partition coefficient (Wildman–Crippen LogP) is 0.183. The Balaban J connectivity index is 1.45. The first-order valence-corrected chi connectivity index (χ1v) is 12.2. The zero-order chi connectivity index (χ0) is 22.8. The number of aliphatic hydroxyl groups is 2. The zero-order valence-corrected chi connectivity index (χ0v) is 18.3. The van der Waals surface area contributed by atoms with Crippen LogP contribution in [0.2, 0.25) is 5.15 Å². The Bertz CT molecular complexity index is 1140. The summed E-state index contributed by atoms with van der Waals surface area (Å²) in [5, 5.41) is 35.4. The van der Waals surface area contributed by atoms with E-state index in [1.54, 1.807) is 0 Å². The van der Waals surface area contributed by atoms with E-state index in [4.69, 9.17) is 30.9 Å². The van der Waals surface area contributed by atoms with Crippen molar-refractivity contribution in [1.82, 2.24) is 14.8 Å². The lowest BCUT2D eigenvalue weighted by atomic mass is 10.1. The monoisotopic (exact) mass is 485 g/mol. The van der Waals surface area contributed by atoms with Crippen LogP contribution in [-0.2, 0) is 14.0 Å². The zero-order valence-electron chi connectivity index (χ0n) is 16.7. The minimum Gasteiger partial charge on any atom is -0.387 e. The van der Waals surface area contributed by atoms with Crippen molar-refractivity contribution in [3.8, 4) is 6.07 Å². The Hall–Kier alpha value is -1.81. The summed E-state index contributed by atoms with van der Waals surface area (Å²) in [5.41, 5.74) is 1.20. The van der Waals surface area contributed by atoms with Crippen LogP contribution in [0.15, 0.2) is 6.20 Å². The normalized spacial score (nSPS) is 31.8. The van der Waals surface area contributed by atoms with Gasteiger partial charge in [0.2, 0.25) is 0 Å². The lowest BCUT2D eigenvalue weighted by Gasteiger charge is -2.23. The molecule has 6 atom stereocenters. The number of pyridine rings is 1. The van der Waals surface area contributed by atoms with Crippen LogP contribution in [0.25, 0.3) is 11.0 Å². The van der Waals surface area contributed by atoms with Crippen molar-refractivity contribution in [2.24, 2.45) is 11.8 Å². The summed E-state index contributed by atoms with van der Waals surface area (Å²) in [7, 11) is -4.38. The van der Waals surface area contributed by atoms with Crippen molar-refractivity contribution in [2.75, 3.05) is 30.9 Å². The number of nitriles is 1. The van der Waals surface area contributed by atoms with Gasteiger partial charge in [0.15, 0.2) is 17.0 Å². The maximum Gasteiger partial charge on any atom is 0.350 e. The van der Waals surface area contributed by atoms with Crippen molar-refractivity contribution in [2.45, 2.75) is 31.0 Å². The van der Waals surface area contributed by atoms with Crippen LogP contribution in [0, 0.1) is 23.2 Å². The van der Waals surface area contributed by atoms with E-state index < -0.39 is 38.5 Å². The van der Waals surface area contributed by atoms with E-state index in [1.165, 1.54) is 17.3 Å². The molecule has 2 aromatic rings. The molecule has 1 aliphatic carbocycles. The molecule has 0 spiro atoms. The second-order valence-electron chi connectivity index (χ2n) is 8.44. The van der Waals surface area contributed by atoms with Gasteiger partial charge in [0.1, 0.15) is 36.3 Å². The first-order chi connectivity index (χ1) is 15.2. The van der Waals surface area contributed by atoms with Crippen molar-refractivity contribution in [1.29, 1.82) is 5.26 Å². The molecule has 3 aliphatic rings. The number of hydrogen-bond donors (Lipinski definition) is 4. The highest BCUT2D eigenvalue weighted by molar-refractivity contribution is 7.51. The molecule has 172 valence electrons. The molecule has 1 saturated carbocycles. The average Bonchev–Trinajstić information content (AvgIpc) is 3.03. The first-order valence-electron chi connectivity index (χ1n) is 10.0. The lowest BCUT2D eigenvalue weighted by Crippen LogP contribution is -2.34. The summed E-state index contributed by atoms with van der Waals surface area (Å²) < 4.78 is 22.9. The van der Waals surface area contributed by atoms with Gasteiger partial charge < -0.3 is 34.4 Å². The molecule has 4 heterocycles. The summed E-state index contributed by atoms with van der Waals surface area (Å²) in [5.74, 6) is 1.23. The fourth-order valence-electron chi connectivity index (χ4n) is 4.57. The largest absolute Gasteiger partial charge is 0.387 e. The Morgan fingerprint density at radius 3 is 2.69 bits per heavy atom. The number of fused-ring (bicyclic) bond motifs is 2. The fraction of sp³-hybridized carbons (Fsp3) is 0.611. The van der Waals surface area contributed by atoms with E-state index in [-0.39, 0.29) is 23.0 Å². The van der Waals surface area contributed by atoms with Gasteiger partial charge in [0, 0.05) is 13.1 Å². The van der Waals surface area contributed by atoms with Crippen LogP contribution in [0.5, 0.6) is 0 Å². The second kappa shape index (κ2) is 7.90. The maximum atomic E-state index is 11.0. The number of aliphatic hydroxyl groups excluding tert-OH is 2. The van der Waals surface area contributed by atoms with Gasteiger partial charge in [0.25, 0.3) is 0 Å². The van der Waals surface area contributed by atoms with Crippen molar-refractivity contribution >= 4 is 35.9 Å². The molecule has 2 saturated heterocycles. The number of aromatic nitrogens is 3. The van der Waals surface area contributed by atoms with Gasteiger partial charge >= 0.3 is 7.60 Å². The summed E-state index contributed by atoms with van der Waals surface area (Å²) in [6, 6.07) is 2.13.